The van der Waals surface area contributed by atoms with Crippen molar-refractivity contribution in [3.8, 4) is 0 Å². The smallest absolute Gasteiger partial charge is 0.191 e. The number of guanidine groups is 1. The minimum absolute atomic E-state index is 0.170. The molecule has 1 aliphatic heterocycles. The number of hydrogen-bond donors (Lipinski definition) is 2. The summed E-state index contributed by atoms with van der Waals surface area (Å²) in [5.41, 5.74) is 0.700. The molecule has 1 aromatic heterocycles. The van der Waals surface area contributed by atoms with Crippen molar-refractivity contribution in [3.05, 3.63) is 47.3 Å². The minimum atomic E-state index is -0.170. The predicted molar refractivity (Wildman–Crippen MR) is 86.6 cm³/mol. The summed E-state index contributed by atoms with van der Waals surface area (Å²) < 4.78 is 15.7. The third kappa shape index (κ3) is 3.67. The van der Waals surface area contributed by atoms with Crippen LogP contribution in [0.1, 0.15) is 23.6 Å². The van der Waals surface area contributed by atoms with Crippen LogP contribution in [0.2, 0.25) is 0 Å². The first-order valence-corrected chi connectivity index (χ1v) is 7.87. The molecule has 122 valence electrons. The fraction of sp³-hybridized carbons (Fsp3) is 0.438. The van der Waals surface area contributed by atoms with E-state index in [1.165, 1.54) is 6.07 Å². The van der Waals surface area contributed by atoms with E-state index in [2.05, 4.69) is 30.4 Å². The molecule has 0 atom stereocenters. The van der Waals surface area contributed by atoms with Crippen LogP contribution in [-0.4, -0.2) is 34.3 Å². The summed E-state index contributed by atoms with van der Waals surface area (Å²) >= 11 is 0. The zero-order valence-electron chi connectivity index (χ0n) is 13.2. The van der Waals surface area contributed by atoms with E-state index in [1.807, 2.05) is 6.07 Å². The molecule has 2 aromatic rings. The van der Waals surface area contributed by atoms with Crippen molar-refractivity contribution in [3.63, 3.8) is 0 Å². The van der Waals surface area contributed by atoms with Crippen LogP contribution in [0.5, 0.6) is 0 Å². The Bertz CT molecular complexity index is 694. The topological polar surface area (TPSA) is 67.1 Å². The van der Waals surface area contributed by atoms with Gasteiger partial charge in [0.05, 0.1) is 6.54 Å². The van der Waals surface area contributed by atoms with E-state index < -0.39 is 0 Å². The third-order valence-corrected chi connectivity index (χ3v) is 3.97. The maximum Gasteiger partial charge on any atom is 0.191 e. The Morgan fingerprint density at radius 1 is 1.30 bits per heavy atom. The number of nitrogens with zero attached hydrogens (tertiary/aromatic N) is 4. The number of hydrogen-bond acceptors (Lipinski definition) is 3. The van der Waals surface area contributed by atoms with Crippen molar-refractivity contribution in [2.45, 2.75) is 32.4 Å². The van der Waals surface area contributed by atoms with Crippen molar-refractivity contribution >= 4 is 5.96 Å². The van der Waals surface area contributed by atoms with Gasteiger partial charge in [-0.3, -0.25) is 4.99 Å². The molecule has 7 heteroatoms. The summed E-state index contributed by atoms with van der Waals surface area (Å²) in [6, 6.07) is 6.82. The Kier molecular flexibility index (Phi) is 4.85. The quantitative estimate of drug-likeness (QED) is 0.644. The van der Waals surface area contributed by atoms with E-state index in [4.69, 9.17) is 0 Å². The van der Waals surface area contributed by atoms with Crippen LogP contribution in [0.3, 0.4) is 0 Å². The number of benzene rings is 1. The summed E-state index contributed by atoms with van der Waals surface area (Å²) in [5, 5.41) is 14.8. The first-order chi connectivity index (χ1) is 11.3. The van der Waals surface area contributed by atoms with Gasteiger partial charge in [0.1, 0.15) is 11.6 Å². The molecule has 0 spiro atoms. The molecule has 1 aliphatic rings. The predicted octanol–water partition coefficient (Wildman–Crippen LogP) is 1.27. The Balaban J connectivity index is 1.48. The molecule has 23 heavy (non-hydrogen) atoms. The summed E-state index contributed by atoms with van der Waals surface area (Å²) in [7, 11) is 1.71. The van der Waals surface area contributed by atoms with E-state index in [0.29, 0.717) is 31.0 Å². The van der Waals surface area contributed by atoms with E-state index in [0.717, 1.165) is 31.0 Å². The van der Waals surface area contributed by atoms with Crippen molar-refractivity contribution < 1.29 is 4.39 Å². The number of aromatic nitrogens is 3. The lowest BCUT2D eigenvalue weighted by Gasteiger charge is -2.12. The molecular formula is C16H21FN6. The van der Waals surface area contributed by atoms with Gasteiger partial charge in [0.25, 0.3) is 0 Å². The van der Waals surface area contributed by atoms with Gasteiger partial charge in [0.15, 0.2) is 11.8 Å². The van der Waals surface area contributed by atoms with Crippen LogP contribution >= 0.6 is 0 Å². The van der Waals surface area contributed by atoms with Crippen LogP contribution in [0.25, 0.3) is 0 Å². The normalized spacial score (nSPS) is 13.9. The van der Waals surface area contributed by atoms with Crippen LogP contribution in [0.4, 0.5) is 4.39 Å². The van der Waals surface area contributed by atoms with Crippen LogP contribution in [-0.2, 0) is 25.9 Å². The zero-order chi connectivity index (χ0) is 16.1. The standard InChI is InChI=1S/C16H21FN6/c1-18-16(19-9-8-12-5-2-3-6-13(12)17)20-11-15-22-21-14-7-4-10-23(14)15/h2-3,5-6H,4,7-11H2,1H3,(H2,18,19,20). The third-order valence-electron chi connectivity index (χ3n) is 3.97. The van der Waals surface area contributed by atoms with E-state index in [9.17, 15) is 4.39 Å². The second-order valence-electron chi connectivity index (χ2n) is 5.48. The fourth-order valence-corrected chi connectivity index (χ4v) is 2.74. The van der Waals surface area contributed by atoms with Gasteiger partial charge in [-0.1, -0.05) is 18.2 Å². The lowest BCUT2D eigenvalue weighted by Crippen LogP contribution is -2.38. The Morgan fingerprint density at radius 3 is 3.00 bits per heavy atom. The summed E-state index contributed by atoms with van der Waals surface area (Å²) in [6.45, 7) is 2.17. The highest BCUT2D eigenvalue weighted by Crippen LogP contribution is 2.13. The highest BCUT2D eigenvalue weighted by Gasteiger charge is 2.16. The van der Waals surface area contributed by atoms with Gasteiger partial charge < -0.3 is 15.2 Å². The second kappa shape index (κ2) is 7.21. The number of fused-ring (bicyclic) bond motifs is 1. The zero-order valence-corrected chi connectivity index (χ0v) is 13.2. The fourth-order valence-electron chi connectivity index (χ4n) is 2.74. The molecule has 6 nitrogen and oxygen atoms in total. The van der Waals surface area contributed by atoms with Crippen LogP contribution in [0.15, 0.2) is 29.3 Å². The van der Waals surface area contributed by atoms with Crippen molar-refractivity contribution in [2.24, 2.45) is 4.99 Å². The number of aliphatic imine (C=N–C) groups is 1. The summed E-state index contributed by atoms with van der Waals surface area (Å²) in [6.07, 6.45) is 2.74. The molecule has 0 fully saturated rings. The molecule has 1 aromatic carbocycles. The molecule has 0 unspecified atom stereocenters. The SMILES string of the molecule is CN=C(NCCc1ccccc1F)NCc1nnc2n1CCC2. The number of rotatable bonds is 5. The van der Waals surface area contributed by atoms with Gasteiger partial charge in [0.2, 0.25) is 0 Å². The molecule has 0 bridgehead atoms. The molecule has 2 heterocycles. The Labute approximate surface area is 134 Å². The monoisotopic (exact) mass is 316 g/mol. The Morgan fingerprint density at radius 2 is 2.17 bits per heavy atom. The average molecular weight is 316 g/mol. The van der Waals surface area contributed by atoms with Crippen LogP contribution < -0.4 is 10.6 Å². The lowest BCUT2D eigenvalue weighted by atomic mass is 10.1. The second-order valence-corrected chi connectivity index (χ2v) is 5.48. The molecule has 0 saturated carbocycles. The van der Waals surface area contributed by atoms with Crippen molar-refractivity contribution in [1.82, 2.24) is 25.4 Å². The van der Waals surface area contributed by atoms with Crippen molar-refractivity contribution in [2.75, 3.05) is 13.6 Å². The highest BCUT2D eigenvalue weighted by atomic mass is 19.1. The van der Waals surface area contributed by atoms with Crippen LogP contribution in [0, 0.1) is 5.82 Å². The number of halogens is 1. The van der Waals surface area contributed by atoms with Gasteiger partial charge in [-0.15, -0.1) is 10.2 Å². The number of nitrogens with one attached hydrogen (secondary N) is 2. The van der Waals surface area contributed by atoms with Gasteiger partial charge in [-0.2, -0.15) is 0 Å². The largest absolute Gasteiger partial charge is 0.356 e. The van der Waals surface area contributed by atoms with Crippen molar-refractivity contribution in [1.29, 1.82) is 0 Å². The molecule has 3 rings (SSSR count). The van der Waals surface area contributed by atoms with E-state index in [1.54, 1.807) is 19.2 Å². The van der Waals surface area contributed by atoms with Gasteiger partial charge in [-0.05, 0) is 24.5 Å². The molecular weight excluding hydrogens is 295 g/mol. The Hall–Kier alpha value is -2.44. The maximum absolute atomic E-state index is 13.6. The summed E-state index contributed by atoms with van der Waals surface area (Å²) in [5.74, 6) is 2.49. The summed E-state index contributed by atoms with van der Waals surface area (Å²) in [4.78, 5) is 4.18. The minimum Gasteiger partial charge on any atom is -0.356 e. The van der Waals surface area contributed by atoms with Gasteiger partial charge in [0, 0.05) is 26.6 Å². The van der Waals surface area contributed by atoms with Gasteiger partial charge in [-0.25, -0.2) is 4.39 Å². The molecule has 2 N–H and O–H groups in total. The first-order valence-electron chi connectivity index (χ1n) is 7.87. The molecule has 0 saturated heterocycles. The van der Waals surface area contributed by atoms with E-state index >= 15 is 0 Å². The first kappa shape index (κ1) is 15.5. The highest BCUT2D eigenvalue weighted by molar-refractivity contribution is 5.79. The molecule has 0 aliphatic carbocycles. The maximum atomic E-state index is 13.6. The van der Waals surface area contributed by atoms with Gasteiger partial charge >= 0.3 is 0 Å². The average Bonchev–Trinajstić information content (AvgIpc) is 3.16. The molecule has 0 amide bonds. The number of aryl methyl sites for hydroxylation is 1. The lowest BCUT2D eigenvalue weighted by molar-refractivity contribution is 0.606. The van der Waals surface area contributed by atoms with E-state index in [-0.39, 0.29) is 5.82 Å². The molecule has 0 radical (unpaired) electrons.